The molecule has 0 aliphatic heterocycles. The van der Waals surface area contributed by atoms with Crippen LogP contribution in [0, 0.1) is 0 Å². The van der Waals surface area contributed by atoms with Gasteiger partial charge in [-0.3, -0.25) is 4.79 Å². The Balaban J connectivity index is 2.75. The number of nitrogens with one attached hydrogen (secondary N) is 1. The van der Waals surface area contributed by atoms with Gasteiger partial charge in [0.1, 0.15) is 0 Å². The predicted octanol–water partition coefficient (Wildman–Crippen LogP) is 2.08. The summed E-state index contributed by atoms with van der Waals surface area (Å²) in [5, 5.41) is 0.686. The summed E-state index contributed by atoms with van der Waals surface area (Å²) in [6, 6.07) is 6.29. The van der Waals surface area contributed by atoms with Crippen LogP contribution in [0.25, 0.3) is 10.9 Å². The first kappa shape index (κ1) is 12.3. The van der Waals surface area contributed by atoms with Crippen molar-refractivity contribution in [1.29, 1.82) is 0 Å². The van der Waals surface area contributed by atoms with Crippen LogP contribution < -0.4 is 5.56 Å². The van der Waals surface area contributed by atoms with Crippen molar-refractivity contribution in [3.05, 3.63) is 39.1 Å². The van der Waals surface area contributed by atoms with Crippen molar-refractivity contribution < 1.29 is 8.42 Å². The second kappa shape index (κ2) is 4.27. The van der Waals surface area contributed by atoms with Crippen molar-refractivity contribution in [1.82, 2.24) is 4.98 Å². The largest absolute Gasteiger partial charge is 0.321 e. The highest BCUT2D eigenvalue weighted by Crippen LogP contribution is 2.19. The molecule has 1 aromatic heterocycles. The molecule has 90 valence electrons. The standard InChI is InChI=1S/C11H10BrNO3S/c1-2-17(15,16)8-3-4-10-7(5-8)6-9(12)11(14)13-10/h3-6H,2H2,1H3,(H,13,14). The van der Waals surface area contributed by atoms with Gasteiger partial charge in [-0.25, -0.2) is 8.42 Å². The van der Waals surface area contributed by atoms with Crippen LogP contribution in [-0.4, -0.2) is 19.2 Å². The molecule has 1 N–H and O–H groups in total. The van der Waals surface area contributed by atoms with E-state index in [-0.39, 0.29) is 16.2 Å². The van der Waals surface area contributed by atoms with Gasteiger partial charge < -0.3 is 4.98 Å². The fraction of sp³-hybridized carbons (Fsp3) is 0.182. The third-order valence-electron chi connectivity index (χ3n) is 2.51. The quantitative estimate of drug-likeness (QED) is 0.922. The molecule has 0 aliphatic carbocycles. The van der Waals surface area contributed by atoms with Crippen LogP contribution in [0.3, 0.4) is 0 Å². The first-order valence-electron chi connectivity index (χ1n) is 4.99. The Morgan fingerprint density at radius 1 is 1.29 bits per heavy atom. The highest BCUT2D eigenvalue weighted by atomic mass is 79.9. The van der Waals surface area contributed by atoms with E-state index in [9.17, 15) is 13.2 Å². The second-order valence-electron chi connectivity index (χ2n) is 3.60. The normalized spacial score (nSPS) is 11.9. The monoisotopic (exact) mass is 315 g/mol. The first-order valence-corrected chi connectivity index (χ1v) is 7.44. The van der Waals surface area contributed by atoms with Crippen LogP contribution in [0.5, 0.6) is 0 Å². The third-order valence-corrected chi connectivity index (χ3v) is 4.83. The number of fused-ring (bicyclic) bond motifs is 1. The van der Waals surface area contributed by atoms with Crippen LogP contribution in [0.2, 0.25) is 0 Å². The zero-order valence-corrected chi connectivity index (χ0v) is 11.4. The predicted molar refractivity (Wildman–Crippen MR) is 70.0 cm³/mol. The van der Waals surface area contributed by atoms with Crippen molar-refractivity contribution >= 4 is 36.7 Å². The molecular formula is C11H10BrNO3S. The number of aromatic amines is 1. The number of sulfone groups is 1. The minimum absolute atomic E-state index is 0.0586. The van der Waals surface area contributed by atoms with Gasteiger partial charge in [0.05, 0.1) is 15.1 Å². The van der Waals surface area contributed by atoms with Gasteiger partial charge in [0, 0.05) is 10.9 Å². The van der Waals surface area contributed by atoms with E-state index in [0.717, 1.165) is 0 Å². The average Bonchev–Trinajstić information content (AvgIpc) is 2.30. The van der Waals surface area contributed by atoms with E-state index in [1.165, 1.54) is 6.07 Å². The van der Waals surface area contributed by atoms with Crippen LogP contribution >= 0.6 is 15.9 Å². The van der Waals surface area contributed by atoms with E-state index >= 15 is 0 Å². The lowest BCUT2D eigenvalue weighted by molar-refractivity contribution is 0.597. The molecule has 1 aromatic carbocycles. The number of benzene rings is 1. The maximum absolute atomic E-state index is 11.7. The number of hydrogen-bond acceptors (Lipinski definition) is 3. The highest BCUT2D eigenvalue weighted by Gasteiger charge is 2.12. The van der Waals surface area contributed by atoms with E-state index in [1.807, 2.05) is 0 Å². The Hall–Kier alpha value is -1.14. The minimum Gasteiger partial charge on any atom is -0.321 e. The van der Waals surface area contributed by atoms with Crippen molar-refractivity contribution in [2.45, 2.75) is 11.8 Å². The summed E-state index contributed by atoms with van der Waals surface area (Å²) in [6.45, 7) is 1.60. The molecule has 0 radical (unpaired) electrons. The van der Waals surface area contributed by atoms with E-state index < -0.39 is 9.84 Å². The molecule has 0 saturated heterocycles. The van der Waals surface area contributed by atoms with E-state index in [2.05, 4.69) is 20.9 Å². The minimum atomic E-state index is -3.22. The van der Waals surface area contributed by atoms with Crippen molar-refractivity contribution in [2.75, 3.05) is 5.75 Å². The summed E-state index contributed by atoms with van der Waals surface area (Å²) in [5.41, 5.74) is 0.386. The molecule has 0 spiro atoms. The molecule has 0 atom stereocenters. The molecule has 0 aliphatic rings. The Kier molecular flexibility index (Phi) is 3.09. The lowest BCUT2D eigenvalue weighted by Gasteiger charge is -2.03. The van der Waals surface area contributed by atoms with Gasteiger partial charge in [-0.1, -0.05) is 6.92 Å². The van der Waals surface area contributed by atoms with Gasteiger partial charge in [0.25, 0.3) is 5.56 Å². The van der Waals surface area contributed by atoms with Gasteiger partial charge in [-0.15, -0.1) is 0 Å². The summed E-state index contributed by atoms with van der Waals surface area (Å²) >= 11 is 3.12. The van der Waals surface area contributed by atoms with Gasteiger partial charge in [-0.2, -0.15) is 0 Å². The average molecular weight is 316 g/mol. The van der Waals surface area contributed by atoms with Gasteiger partial charge in [-0.05, 0) is 40.2 Å². The number of H-pyrrole nitrogens is 1. The Morgan fingerprint density at radius 3 is 2.65 bits per heavy atom. The lowest BCUT2D eigenvalue weighted by Crippen LogP contribution is -2.07. The molecule has 2 aromatic rings. The van der Waals surface area contributed by atoms with Crippen LogP contribution in [0.15, 0.2) is 38.4 Å². The number of rotatable bonds is 2. The molecule has 0 amide bonds. The van der Waals surface area contributed by atoms with Crippen LogP contribution in [0.1, 0.15) is 6.92 Å². The smallest absolute Gasteiger partial charge is 0.262 e. The van der Waals surface area contributed by atoms with Crippen molar-refractivity contribution in [2.24, 2.45) is 0 Å². The fourth-order valence-corrected chi connectivity index (χ4v) is 2.78. The molecule has 6 heteroatoms. The molecular weight excluding hydrogens is 306 g/mol. The first-order chi connectivity index (χ1) is 7.94. The maximum atomic E-state index is 11.7. The summed E-state index contributed by atoms with van der Waals surface area (Å²) in [7, 11) is -3.22. The molecule has 4 nitrogen and oxygen atoms in total. The number of halogens is 1. The molecule has 2 rings (SSSR count). The Labute approximate surface area is 107 Å². The lowest BCUT2D eigenvalue weighted by atomic mass is 10.2. The van der Waals surface area contributed by atoms with E-state index in [0.29, 0.717) is 15.4 Å². The van der Waals surface area contributed by atoms with Crippen LogP contribution in [0.4, 0.5) is 0 Å². The van der Waals surface area contributed by atoms with E-state index in [1.54, 1.807) is 25.1 Å². The van der Waals surface area contributed by atoms with Gasteiger partial charge >= 0.3 is 0 Å². The SMILES string of the molecule is CCS(=O)(=O)c1ccc2[nH]c(=O)c(Br)cc2c1. The van der Waals surface area contributed by atoms with Crippen molar-refractivity contribution in [3.63, 3.8) is 0 Å². The number of pyridine rings is 1. The third kappa shape index (κ3) is 2.28. The van der Waals surface area contributed by atoms with Gasteiger partial charge in [0.2, 0.25) is 0 Å². The molecule has 0 bridgehead atoms. The van der Waals surface area contributed by atoms with E-state index in [4.69, 9.17) is 0 Å². The Morgan fingerprint density at radius 2 is 2.00 bits per heavy atom. The molecule has 17 heavy (non-hydrogen) atoms. The van der Waals surface area contributed by atoms with Crippen LogP contribution in [-0.2, 0) is 9.84 Å². The van der Waals surface area contributed by atoms with Crippen molar-refractivity contribution in [3.8, 4) is 0 Å². The van der Waals surface area contributed by atoms with Gasteiger partial charge in [0.15, 0.2) is 9.84 Å². The molecule has 1 heterocycles. The fourth-order valence-electron chi connectivity index (χ4n) is 1.52. The second-order valence-corrected chi connectivity index (χ2v) is 6.73. The highest BCUT2D eigenvalue weighted by molar-refractivity contribution is 9.10. The summed E-state index contributed by atoms with van der Waals surface area (Å²) in [4.78, 5) is 14.3. The maximum Gasteiger partial charge on any atom is 0.262 e. The molecule has 0 unspecified atom stereocenters. The number of hydrogen-bond donors (Lipinski definition) is 1. The molecule has 0 saturated carbocycles. The summed E-state index contributed by atoms with van der Waals surface area (Å²) in [5.74, 6) is 0.0586. The molecule has 0 fully saturated rings. The summed E-state index contributed by atoms with van der Waals surface area (Å²) < 4.78 is 23.8. The summed E-state index contributed by atoms with van der Waals surface area (Å²) in [6.07, 6.45) is 0. The zero-order chi connectivity index (χ0) is 12.6. The topological polar surface area (TPSA) is 67.0 Å². The number of aromatic nitrogens is 1. The zero-order valence-electron chi connectivity index (χ0n) is 9.03. The Bertz CT molecular complexity index is 734.